The number of carbonyl (C=O) groups excluding carboxylic acids is 1. The number of ketones is 1. The Morgan fingerprint density at radius 2 is 1.81 bits per heavy atom. The molecule has 1 aromatic heterocycles. The summed E-state index contributed by atoms with van der Waals surface area (Å²) in [7, 11) is 0. The van der Waals surface area contributed by atoms with E-state index in [1.807, 2.05) is 30.3 Å². The van der Waals surface area contributed by atoms with Crippen LogP contribution in [0.5, 0.6) is 5.75 Å². The number of benzene rings is 1. The number of Topliss-reactive ketones (excluding diaryl/α,β-unsaturated/α-hetero) is 1. The second-order valence-corrected chi connectivity index (χ2v) is 8.49. The maximum atomic E-state index is 12.7. The van der Waals surface area contributed by atoms with E-state index in [4.69, 9.17) is 4.74 Å². The Labute approximate surface area is 185 Å². The molecule has 0 amide bonds. The predicted octanol–water partition coefficient (Wildman–Crippen LogP) is 2.73. The van der Waals surface area contributed by atoms with Crippen molar-refractivity contribution in [3.8, 4) is 5.75 Å². The predicted molar refractivity (Wildman–Crippen MR) is 122 cm³/mol. The van der Waals surface area contributed by atoms with Gasteiger partial charge in [-0.05, 0) is 63.1 Å². The molecule has 2 fully saturated rings. The lowest BCUT2D eigenvalue weighted by Crippen LogP contribution is -2.48. The first-order chi connectivity index (χ1) is 15.2. The molecule has 7 nitrogen and oxygen atoms in total. The Morgan fingerprint density at radius 3 is 2.48 bits per heavy atom. The van der Waals surface area contributed by atoms with Crippen molar-refractivity contribution in [2.75, 3.05) is 57.3 Å². The number of nitrogens with zero attached hydrogens (tertiary/aromatic N) is 5. The first-order valence-corrected chi connectivity index (χ1v) is 11.4. The highest BCUT2D eigenvalue weighted by atomic mass is 16.5. The molecule has 0 radical (unpaired) electrons. The maximum Gasteiger partial charge on any atom is 0.225 e. The van der Waals surface area contributed by atoms with Crippen LogP contribution in [0.2, 0.25) is 0 Å². The smallest absolute Gasteiger partial charge is 0.225 e. The molecule has 166 valence electrons. The highest BCUT2D eigenvalue weighted by molar-refractivity contribution is 5.97. The van der Waals surface area contributed by atoms with Crippen LogP contribution in [0.1, 0.15) is 36.5 Å². The Hall–Kier alpha value is -2.51. The number of hydrogen-bond acceptors (Lipinski definition) is 7. The van der Waals surface area contributed by atoms with Gasteiger partial charge in [0, 0.05) is 56.7 Å². The Morgan fingerprint density at radius 1 is 1.06 bits per heavy atom. The molecule has 0 spiro atoms. The van der Waals surface area contributed by atoms with Crippen molar-refractivity contribution in [1.82, 2.24) is 19.8 Å². The van der Waals surface area contributed by atoms with Crippen molar-refractivity contribution in [1.29, 1.82) is 0 Å². The number of likely N-dealkylation sites (tertiary alicyclic amines) is 1. The molecule has 2 aliphatic rings. The van der Waals surface area contributed by atoms with Crippen LogP contribution in [0.3, 0.4) is 0 Å². The molecule has 4 rings (SSSR count). The zero-order valence-corrected chi connectivity index (χ0v) is 18.4. The van der Waals surface area contributed by atoms with E-state index in [9.17, 15) is 4.79 Å². The van der Waals surface area contributed by atoms with E-state index in [2.05, 4.69) is 31.6 Å². The van der Waals surface area contributed by atoms with E-state index in [0.29, 0.717) is 19.2 Å². The summed E-state index contributed by atoms with van der Waals surface area (Å²) in [6, 6.07) is 10.1. The van der Waals surface area contributed by atoms with Crippen LogP contribution < -0.4 is 9.64 Å². The highest BCUT2D eigenvalue weighted by Crippen LogP contribution is 2.17. The second kappa shape index (κ2) is 10.7. The van der Waals surface area contributed by atoms with E-state index in [1.165, 1.54) is 19.4 Å². The van der Waals surface area contributed by atoms with Crippen LogP contribution in [-0.4, -0.2) is 84.0 Å². The molecular formula is C24H33N5O2. The van der Waals surface area contributed by atoms with Crippen molar-refractivity contribution in [3.05, 3.63) is 48.3 Å². The van der Waals surface area contributed by atoms with Crippen LogP contribution in [-0.2, 0) is 0 Å². The molecule has 0 N–H and O–H groups in total. The first-order valence-electron chi connectivity index (χ1n) is 11.4. The summed E-state index contributed by atoms with van der Waals surface area (Å²) in [5.74, 6) is 1.75. The summed E-state index contributed by atoms with van der Waals surface area (Å²) >= 11 is 0. The fourth-order valence-corrected chi connectivity index (χ4v) is 4.37. The molecule has 2 saturated heterocycles. The zero-order valence-electron chi connectivity index (χ0n) is 18.4. The van der Waals surface area contributed by atoms with Crippen LogP contribution in [0.4, 0.5) is 5.95 Å². The molecular weight excluding hydrogens is 390 g/mol. The van der Waals surface area contributed by atoms with Gasteiger partial charge in [-0.3, -0.25) is 9.69 Å². The van der Waals surface area contributed by atoms with Gasteiger partial charge in [0.1, 0.15) is 5.75 Å². The molecule has 2 aromatic rings. The second-order valence-electron chi connectivity index (χ2n) is 8.49. The molecule has 2 aliphatic heterocycles. The standard InChI is InChI=1S/C24H33N5O2/c1-20-5-2-12-28(20)13-4-18-31-22-8-6-21(7-9-22)23(30)19-27-14-16-29(17-15-27)24-25-10-3-11-26-24/h3,6-11,20H,2,4-5,12-19H2,1H3. The van der Waals surface area contributed by atoms with E-state index in [0.717, 1.165) is 56.4 Å². The fourth-order valence-electron chi connectivity index (χ4n) is 4.37. The summed E-state index contributed by atoms with van der Waals surface area (Å²) in [6.45, 7) is 9.11. The van der Waals surface area contributed by atoms with Crippen LogP contribution in [0, 0.1) is 0 Å². The fraction of sp³-hybridized carbons (Fsp3) is 0.542. The average Bonchev–Trinajstić information content (AvgIpc) is 3.23. The number of piperazine rings is 1. The minimum Gasteiger partial charge on any atom is -0.494 e. The van der Waals surface area contributed by atoms with Crippen molar-refractivity contribution in [3.63, 3.8) is 0 Å². The molecule has 1 aromatic carbocycles. The third-order valence-electron chi connectivity index (χ3n) is 6.30. The zero-order chi connectivity index (χ0) is 21.5. The molecule has 0 bridgehead atoms. The molecule has 0 aliphatic carbocycles. The molecule has 1 unspecified atom stereocenters. The number of aromatic nitrogens is 2. The number of anilines is 1. The van der Waals surface area contributed by atoms with Gasteiger partial charge in [-0.15, -0.1) is 0 Å². The minimum absolute atomic E-state index is 0.152. The van der Waals surface area contributed by atoms with Gasteiger partial charge in [0.15, 0.2) is 5.78 Å². The summed E-state index contributed by atoms with van der Waals surface area (Å²) < 4.78 is 5.87. The average molecular weight is 424 g/mol. The molecule has 1 atom stereocenters. The van der Waals surface area contributed by atoms with E-state index in [1.54, 1.807) is 12.4 Å². The third-order valence-corrected chi connectivity index (χ3v) is 6.30. The lowest BCUT2D eigenvalue weighted by Gasteiger charge is -2.34. The number of rotatable bonds is 9. The van der Waals surface area contributed by atoms with E-state index < -0.39 is 0 Å². The summed E-state index contributed by atoms with van der Waals surface area (Å²) in [5, 5.41) is 0. The molecule has 0 saturated carbocycles. The van der Waals surface area contributed by atoms with Crippen molar-refractivity contribution in [2.24, 2.45) is 0 Å². The SMILES string of the molecule is CC1CCCN1CCCOc1ccc(C(=O)CN2CCN(c3ncccn3)CC2)cc1. The largest absolute Gasteiger partial charge is 0.494 e. The molecule has 7 heteroatoms. The van der Waals surface area contributed by atoms with Gasteiger partial charge < -0.3 is 14.5 Å². The van der Waals surface area contributed by atoms with Crippen LogP contribution in [0.25, 0.3) is 0 Å². The molecule has 3 heterocycles. The Kier molecular flexibility index (Phi) is 7.48. The maximum absolute atomic E-state index is 12.7. The molecule has 31 heavy (non-hydrogen) atoms. The van der Waals surface area contributed by atoms with Gasteiger partial charge in [-0.2, -0.15) is 0 Å². The van der Waals surface area contributed by atoms with Crippen molar-refractivity contribution >= 4 is 11.7 Å². The van der Waals surface area contributed by atoms with Gasteiger partial charge in [0.2, 0.25) is 5.95 Å². The Balaban J connectivity index is 1.17. The number of carbonyl (C=O) groups is 1. The van der Waals surface area contributed by atoms with Gasteiger partial charge in [-0.25, -0.2) is 9.97 Å². The summed E-state index contributed by atoms with van der Waals surface area (Å²) in [5.41, 5.74) is 0.743. The van der Waals surface area contributed by atoms with E-state index in [-0.39, 0.29) is 5.78 Å². The van der Waals surface area contributed by atoms with Crippen molar-refractivity contribution in [2.45, 2.75) is 32.2 Å². The Bertz CT molecular complexity index is 822. The van der Waals surface area contributed by atoms with Gasteiger partial charge >= 0.3 is 0 Å². The lowest BCUT2D eigenvalue weighted by molar-refractivity contribution is 0.0926. The van der Waals surface area contributed by atoms with Crippen LogP contribution in [0.15, 0.2) is 42.7 Å². The number of hydrogen-bond donors (Lipinski definition) is 0. The first kappa shape index (κ1) is 21.7. The summed E-state index contributed by atoms with van der Waals surface area (Å²) in [6.07, 6.45) is 7.19. The van der Waals surface area contributed by atoms with Gasteiger partial charge in [0.25, 0.3) is 0 Å². The van der Waals surface area contributed by atoms with Gasteiger partial charge in [-0.1, -0.05) is 0 Å². The topological polar surface area (TPSA) is 61.8 Å². The van der Waals surface area contributed by atoms with E-state index >= 15 is 0 Å². The lowest BCUT2D eigenvalue weighted by atomic mass is 10.1. The van der Waals surface area contributed by atoms with Gasteiger partial charge in [0.05, 0.1) is 13.2 Å². The summed E-state index contributed by atoms with van der Waals surface area (Å²) in [4.78, 5) is 28.2. The van der Waals surface area contributed by atoms with Crippen LogP contribution >= 0.6 is 0 Å². The monoisotopic (exact) mass is 423 g/mol. The highest BCUT2D eigenvalue weighted by Gasteiger charge is 2.21. The third kappa shape index (κ3) is 6.02. The quantitative estimate of drug-likeness (QED) is 0.454. The minimum atomic E-state index is 0.152. The normalized spacial score (nSPS) is 20.2. The van der Waals surface area contributed by atoms with Crippen molar-refractivity contribution < 1.29 is 9.53 Å². The number of ether oxygens (including phenoxy) is 1.